The van der Waals surface area contributed by atoms with Gasteiger partial charge in [0.25, 0.3) is 0 Å². The van der Waals surface area contributed by atoms with Crippen LogP contribution in [0.2, 0.25) is 0 Å². The highest BCUT2D eigenvalue weighted by Gasteiger charge is 2.13. The number of hydrogen-bond acceptors (Lipinski definition) is 2. The minimum atomic E-state index is 0.706. The van der Waals surface area contributed by atoms with Gasteiger partial charge >= 0.3 is 0 Å². The van der Waals surface area contributed by atoms with Gasteiger partial charge in [-0.05, 0) is 63.0 Å². The number of nitriles is 1. The van der Waals surface area contributed by atoms with E-state index in [4.69, 9.17) is 5.26 Å². The van der Waals surface area contributed by atoms with E-state index < -0.39 is 0 Å². The first kappa shape index (κ1) is 12.9. The topological polar surface area (TPSA) is 27.0 Å². The molecule has 18 heavy (non-hydrogen) atoms. The lowest BCUT2D eigenvalue weighted by atomic mass is 9.95. The number of aryl methyl sites for hydroxylation is 1. The maximum atomic E-state index is 8.90. The van der Waals surface area contributed by atoms with Crippen LogP contribution in [-0.2, 0) is 0 Å². The molecule has 0 aliphatic carbocycles. The lowest BCUT2D eigenvalue weighted by Gasteiger charge is -2.26. The summed E-state index contributed by atoms with van der Waals surface area (Å²) in [6.07, 6.45) is 7.03. The molecule has 0 saturated carbocycles. The number of hydrogen-bond donors (Lipinski definition) is 0. The molecular weight excluding hydrogens is 220 g/mol. The molecule has 0 atom stereocenters. The van der Waals surface area contributed by atoms with Crippen LogP contribution in [-0.4, -0.2) is 25.0 Å². The maximum absolute atomic E-state index is 8.90. The molecule has 0 spiro atoms. The van der Waals surface area contributed by atoms with Gasteiger partial charge in [0.05, 0.1) is 11.6 Å². The predicted octanol–water partition coefficient (Wildman–Crippen LogP) is 3.22. The standard InChI is InChI=1S/C16H20N2/c1-13-11-15(5-6-16(13)12-17)4-3-14-7-9-18(2)10-8-14/h3-6,11,14H,7-10H2,1-2H3/b4-3+. The number of likely N-dealkylation sites (tertiary alicyclic amines) is 1. The Morgan fingerprint density at radius 3 is 2.67 bits per heavy atom. The Bertz CT molecular complexity index is 474. The van der Waals surface area contributed by atoms with E-state index in [1.807, 2.05) is 19.1 Å². The average molecular weight is 240 g/mol. The van der Waals surface area contributed by atoms with E-state index in [1.54, 1.807) is 0 Å². The monoisotopic (exact) mass is 240 g/mol. The van der Waals surface area contributed by atoms with Gasteiger partial charge in [-0.1, -0.05) is 24.3 Å². The fraction of sp³-hybridized carbons (Fsp3) is 0.438. The van der Waals surface area contributed by atoms with Gasteiger partial charge in [-0.25, -0.2) is 0 Å². The molecule has 94 valence electrons. The summed E-state index contributed by atoms with van der Waals surface area (Å²) in [6.45, 7) is 4.38. The van der Waals surface area contributed by atoms with Gasteiger partial charge in [-0.2, -0.15) is 5.26 Å². The molecule has 1 fully saturated rings. The first-order chi connectivity index (χ1) is 8.69. The number of piperidine rings is 1. The SMILES string of the molecule is Cc1cc(/C=C/C2CCN(C)CC2)ccc1C#N. The van der Waals surface area contributed by atoms with Gasteiger partial charge in [0.15, 0.2) is 0 Å². The zero-order valence-corrected chi connectivity index (χ0v) is 11.2. The first-order valence-corrected chi connectivity index (χ1v) is 6.56. The molecule has 0 N–H and O–H groups in total. The van der Waals surface area contributed by atoms with E-state index in [0.29, 0.717) is 5.92 Å². The molecule has 1 heterocycles. The van der Waals surface area contributed by atoms with Gasteiger partial charge in [0.2, 0.25) is 0 Å². The van der Waals surface area contributed by atoms with Crippen LogP contribution in [0.1, 0.15) is 29.5 Å². The normalized spacial score (nSPS) is 18.1. The van der Waals surface area contributed by atoms with Gasteiger partial charge in [-0.3, -0.25) is 0 Å². The van der Waals surface area contributed by atoms with Crippen molar-refractivity contribution < 1.29 is 0 Å². The predicted molar refractivity (Wildman–Crippen MR) is 75.1 cm³/mol. The molecule has 1 aliphatic rings. The second kappa shape index (κ2) is 5.84. The maximum Gasteiger partial charge on any atom is 0.0994 e. The van der Waals surface area contributed by atoms with Crippen molar-refractivity contribution in [2.75, 3.05) is 20.1 Å². The molecule has 1 saturated heterocycles. The number of allylic oxidation sites excluding steroid dienone is 1. The largest absolute Gasteiger partial charge is 0.306 e. The summed E-state index contributed by atoms with van der Waals surface area (Å²) in [5.41, 5.74) is 3.03. The van der Waals surface area contributed by atoms with Crippen molar-refractivity contribution in [1.29, 1.82) is 5.26 Å². The number of rotatable bonds is 2. The fourth-order valence-corrected chi connectivity index (χ4v) is 2.38. The van der Waals surface area contributed by atoms with Gasteiger partial charge in [-0.15, -0.1) is 0 Å². The van der Waals surface area contributed by atoms with E-state index in [-0.39, 0.29) is 0 Å². The Balaban J connectivity index is 2.01. The summed E-state index contributed by atoms with van der Waals surface area (Å²) in [6, 6.07) is 8.22. The highest BCUT2D eigenvalue weighted by Crippen LogP contribution is 2.19. The van der Waals surface area contributed by atoms with Crippen molar-refractivity contribution in [3.63, 3.8) is 0 Å². The third-order valence-corrected chi connectivity index (χ3v) is 3.69. The summed E-state index contributed by atoms with van der Waals surface area (Å²) in [4.78, 5) is 2.39. The van der Waals surface area contributed by atoms with Gasteiger partial charge in [0.1, 0.15) is 0 Å². The zero-order chi connectivity index (χ0) is 13.0. The molecule has 0 unspecified atom stereocenters. The van der Waals surface area contributed by atoms with Gasteiger partial charge < -0.3 is 4.90 Å². The Kier molecular flexibility index (Phi) is 4.17. The van der Waals surface area contributed by atoms with Crippen LogP contribution < -0.4 is 0 Å². The summed E-state index contributed by atoms with van der Waals surface area (Å²) < 4.78 is 0. The number of benzene rings is 1. The summed E-state index contributed by atoms with van der Waals surface area (Å²) in [7, 11) is 2.18. The molecule has 0 aromatic heterocycles. The second-order valence-electron chi connectivity index (χ2n) is 5.19. The lowest BCUT2D eigenvalue weighted by Crippen LogP contribution is -2.29. The van der Waals surface area contributed by atoms with Crippen molar-refractivity contribution in [1.82, 2.24) is 4.90 Å². The molecule has 0 radical (unpaired) electrons. The number of nitrogens with zero attached hydrogens (tertiary/aromatic N) is 2. The van der Waals surface area contributed by atoms with E-state index in [1.165, 1.54) is 31.5 Å². The smallest absolute Gasteiger partial charge is 0.0994 e. The van der Waals surface area contributed by atoms with E-state index in [2.05, 4.69) is 36.2 Å². The summed E-state index contributed by atoms with van der Waals surface area (Å²) in [5, 5.41) is 8.90. The Hall–Kier alpha value is -1.59. The quantitative estimate of drug-likeness (QED) is 0.793. The van der Waals surface area contributed by atoms with Crippen LogP contribution in [0.5, 0.6) is 0 Å². The highest BCUT2D eigenvalue weighted by atomic mass is 15.1. The molecule has 0 amide bonds. The third-order valence-electron chi connectivity index (χ3n) is 3.69. The van der Waals surface area contributed by atoms with E-state index in [0.717, 1.165) is 11.1 Å². The molecule has 1 aliphatic heterocycles. The van der Waals surface area contributed by atoms with Crippen molar-refractivity contribution >= 4 is 6.08 Å². The molecule has 0 bridgehead atoms. The minimum Gasteiger partial charge on any atom is -0.306 e. The van der Waals surface area contributed by atoms with Crippen molar-refractivity contribution in [2.24, 2.45) is 5.92 Å². The van der Waals surface area contributed by atoms with Crippen LogP contribution in [0.25, 0.3) is 6.08 Å². The fourth-order valence-electron chi connectivity index (χ4n) is 2.38. The molecular formula is C16H20N2. The third kappa shape index (κ3) is 3.21. The summed E-state index contributed by atoms with van der Waals surface area (Å²) in [5.74, 6) is 0.706. The van der Waals surface area contributed by atoms with Crippen LogP contribution in [0.4, 0.5) is 0 Å². The van der Waals surface area contributed by atoms with Crippen LogP contribution >= 0.6 is 0 Å². The van der Waals surface area contributed by atoms with Gasteiger partial charge in [0, 0.05) is 0 Å². The molecule has 1 aromatic carbocycles. The van der Waals surface area contributed by atoms with Crippen molar-refractivity contribution in [2.45, 2.75) is 19.8 Å². The van der Waals surface area contributed by atoms with Crippen molar-refractivity contribution in [3.8, 4) is 6.07 Å². The Labute approximate surface area is 110 Å². The molecule has 2 nitrogen and oxygen atoms in total. The average Bonchev–Trinajstić information content (AvgIpc) is 2.38. The first-order valence-electron chi connectivity index (χ1n) is 6.56. The molecule has 1 aromatic rings. The summed E-state index contributed by atoms with van der Waals surface area (Å²) >= 11 is 0. The van der Waals surface area contributed by atoms with Crippen molar-refractivity contribution in [3.05, 3.63) is 41.0 Å². The van der Waals surface area contributed by atoms with E-state index in [9.17, 15) is 0 Å². The lowest BCUT2D eigenvalue weighted by molar-refractivity contribution is 0.244. The molecule has 2 heteroatoms. The van der Waals surface area contributed by atoms with Crippen LogP contribution in [0.3, 0.4) is 0 Å². The minimum absolute atomic E-state index is 0.706. The van der Waals surface area contributed by atoms with Crippen LogP contribution in [0, 0.1) is 24.2 Å². The van der Waals surface area contributed by atoms with E-state index >= 15 is 0 Å². The Morgan fingerprint density at radius 2 is 2.06 bits per heavy atom. The highest BCUT2D eigenvalue weighted by molar-refractivity contribution is 5.53. The molecule has 2 rings (SSSR count). The Morgan fingerprint density at radius 1 is 1.33 bits per heavy atom. The van der Waals surface area contributed by atoms with Crippen LogP contribution in [0.15, 0.2) is 24.3 Å². The second-order valence-corrected chi connectivity index (χ2v) is 5.19. The zero-order valence-electron chi connectivity index (χ0n) is 11.2.